The standard InChI is InChI=1S/C8H7IO2/c1-5-2-7-8(3-6(5)9)11-4-10-7/h2-3H,4H2,1H3. The van der Waals surface area contributed by atoms with Gasteiger partial charge in [0, 0.05) is 3.57 Å². The van der Waals surface area contributed by atoms with Crippen LogP contribution in [0.5, 0.6) is 11.5 Å². The normalized spacial score (nSPS) is 13.6. The first-order valence-electron chi connectivity index (χ1n) is 3.33. The van der Waals surface area contributed by atoms with E-state index in [1.807, 2.05) is 12.1 Å². The van der Waals surface area contributed by atoms with Crippen molar-refractivity contribution in [3.8, 4) is 11.5 Å². The lowest BCUT2D eigenvalue weighted by molar-refractivity contribution is 0.174. The van der Waals surface area contributed by atoms with E-state index in [1.54, 1.807) is 0 Å². The summed E-state index contributed by atoms with van der Waals surface area (Å²) in [7, 11) is 0. The number of ether oxygens (including phenoxy) is 2. The Morgan fingerprint density at radius 2 is 1.91 bits per heavy atom. The minimum atomic E-state index is 0.356. The molecule has 1 aliphatic rings. The first-order valence-corrected chi connectivity index (χ1v) is 4.41. The van der Waals surface area contributed by atoms with Crippen molar-refractivity contribution in [2.45, 2.75) is 6.92 Å². The molecule has 0 atom stereocenters. The third kappa shape index (κ3) is 1.17. The Morgan fingerprint density at radius 1 is 1.27 bits per heavy atom. The molecule has 0 fully saturated rings. The highest BCUT2D eigenvalue weighted by atomic mass is 127. The zero-order chi connectivity index (χ0) is 7.84. The van der Waals surface area contributed by atoms with E-state index in [2.05, 4.69) is 29.5 Å². The number of aryl methyl sites for hydroxylation is 1. The fourth-order valence-electron chi connectivity index (χ4n) is 1.02. The van der Waals surface area contributed by atoms with E-state index in [9.17, 15) is 0 Å². The van der Waals surface area contributed by atoms with Crippen molar-refractivity contribution in [3.05, 3.63) is 21.3 Å². The third-order valence-electron chi connectivity index (χ3n) is 1.65. The van der Waals surface area contributed by atoms with Crippen LogP contribution in [0.15, 0.2) is 12.1 Å². The average molecular weight is 262 g/mol. The van der Waals surface area contributed by atoms with Crippen molar-refractivity contribution in [1.82, 2.24) is 0 Å². The minimum Gasteiger partial charge on any atom is -0.454 e. The van der Waals surface area contributed by atoms with Gasteiger partial charge >= 0.3 is 0 Å². The van der Waals surface area contributed by atoms with Crippen molar-refractivity contribution in [2.24, 2.45) is 0 Å². The van der Waals surface area contributed by atoms with Crippen LogP contribution in [0.3, 0.4) is 0 Å². The van der Waals surface area contributed by atoms with Crippen LogP contribution in [0.1, 0.15) is 5.56 Å². The fourth-order valence-corrected chi connectivity index (χ4v) is 1.46. The summed E-state index contributed by atoms with van der Waals surface area (Å²) in [6.07, 6.45) is 0. The SMILES string of the molecule is Cc1cc2c(cc1I)OCO2. The molecule has 1 aromatic carbocycles. The summed E-state index contributed by atoms with van der Waals surface area (Å²) in [5, 5.41) is 0. The molecule has 1 heterocycles. The molecule has 1 aromatic rings. The molecule has 1 aliphatic heterocycles. The predicted molar refractivity (Wildman–Crippen MR) is 50.0 cm³/mol. The number of fused-ring (bicyclic) bond motifs is 1. The lowest BCUT2D eigenvalue weighted by atomic mass is 10.2. The van der Waals surface area contributed by atoms with Crippen molar-refractivity contribution in [1.29, 1.82) is 0 Å². The van der Waals surface area contributed by atoms with Crippen molar-refractivity contribution in [3.63, 3.8) is 0 Å². The van der Waals surface area contributed by atoms with Gasteiger partial charge in [-0.2, -0.15) is 0 Å². The predicted octanol–water partition coefficient (Wildman–Crippen LogP) is 2.33. The van der Waals surface area contributed by atoms with Crippen LogP contribution in [-0.4, -0.2) is 6.79 Å². The Labute approximate surface area is 78.6 Å². The largest absolute Gasteiger partial charge is 0.454 e. The maximum Gasteiger partial charge on any atom is 0.231 e. The molecule has 0 aromatic heterocycles. The monoisotopic (exact) mass is 262 g/mol. The maximum absolute atomic E-state index is 5.21. The molecule has 0 N–H and O–H groups in total. The Bertz CT molecular complexity index is 267. The highest BCUT2D eigenvalue weighted by Crippen LogP contribution is 2.34. The maximum atomic E-state index is 5.21. The Morgan fingerprint density at radius 3 is 2.64 bits per heavy atom. The topological polar surface area (TPSA) is 18.5 Å². The zero-order valence-electron chi connectivity index (χ0n) is 6.06. The van der Waals surface area contributed by atoms with E-state index in [1.165, 1.54) is 9.13 Å². The molecule has 0 bridgehead atoms. The molecule has 0 amide bonds. The molecule has 0 unspecified atom stereocenters. The molecular formula is C8H7IO2. The van der Waals surface area contributed by atoms with E-state index in [4.69, 9.17) is 9.47 Å². The van der Waals surface area contributed by atoms with Crippen LogP contribution < -0.4 is 9.47 Å². The van der Waals surface area contributed by atoms with Gasteiger partial charge in [0.05, 0.1) is 0 Å². The number of benzene rings is 1. The second kappa shape index (κ2) is 2.55. The van der Waals surface area contributed by atoms with Gasteiger partial charge in [0.1, 0.15) is 0 Å². The average Bonchev–Trinajstić information content (AvgIpc) is 2.36. The first-order chi connectivity index (χ1) is 5.27. The molecular weight excluding hydrogens is 255 g/mol. The van der Waals surface area contributed by atoms with Gasteiger partial charge in [0.2, 0.25) is 6.79 Å². The second-order valence-corrected chi connectivity index (χ2v) is 3.62. The number of hydrogen-bond acceptors (Lipinski definition) is 2. The minimum absolute atomic E-state index is 0.356. The Hall–Kier alpha value is -0.450. The van der Waals surface area contributed by atoms with Gasteiger partial charge in [-0.3, -0.25) is 0 Å². The zero-order valence-corrected chi connectivity index (χ0v) is 8.21. The van der Waals surface area contributed by atoms with Gasteiger partial charge in [-0.05, 0) is 47.2 Å². The highest BCUT2D eigenvalue weighted by Gasteiger charge is 2.13. The lowest BCUT2D eigenvalue weighted by Gasteiger charge is -1.99. The van der Waals surface area contributed by atoms with Gasteiger partial charge in [-0.25, -0.2) is 0 Å². The van der Waals surface area contributed by atoms with Gasteiger partial charge in [0.25, 0.3) is 0 Å². The van der Waals surface area contributed by atoms with Gasteiger partial charge in [-0.15, -0.1) is 0 Å². The third-order valence-corrected chi connectivity index (χ3v) is 2.82. The Balaban J connectivity index is 2.57. The molecule has 2 rings (SSSR count). The van der Waals surface area contributed by atoms with Gasteiger partial charge in [-0.1, -0.05) is 0 Å². The molecule has 0 saturated carbocycles. The van der Waals surface area contributed by atoms with Crippen LogP contribution >= 0.6 is 22.6 Å². The molecule has 0 radical (unpaired) electrons. The first kappa shape index (κ1) is 7.21. The van der Waals surface area contributed by atoms with Crippen LogP contribution in [0.25, 0.3) is 0 Å². The molecule has 2 nitrogen and oxygen atoms in total. The summed E-state index contributed by atoms with van der Waals surface area (Å²) in [4.78, 5) is 0. The molecule has 11 heavy (non-hydrogen) atoms. The summed E-state index contributed by atoms with van der Waals surface area (Å²) >= 11 is 2.28. The van der Waals surface area contributed by atoms with E-state index in [0.29, 0.717) is 6.79 Å². The second-order valence-electron chi connectivity index (χ2n) is 2.45. The van der Waals surface area contributed by atoms with E-state index in [0.717, 1.165) is 11.5 Å². The summed E-state index contributed by atoms with van der Waals surface area (Å²) in [6, 6.07) is 4.00. The lowest BCUT2D eigenvalue weighted by Crippen LogP contribution is -1.92. The van der Waals surface area contributed by atoms with Gasteiger partial charge in [0.15, 0.2) is 11.5 Å². The van der Waals surface area contributed by atoms with Crippen molar-refractivity contribution >= 4 is 22.6 Å². The van der Waals surface area contributed by atoms with E-state index in [-0.39, 0.29) is 0 Å². The van der Waals surface area contributed by atoms with Crippen LogP contribution in [0.2, 0.25) is 0 Å². The smallest absolute Gasteiger partial charge is 0.231 e. The van der Waals surface area contributed by atoms with E-state index < -0.39 is 0 Å². The van der Waals surface area contributed by atoms with Crippen LogP contribution in [-0.2, 0) is 0 Å². The fraction of sp³-hybridized carbons (Fsp3) is 0.250. The summed E-state index contributed by atoms with van der Waals surface area (Å²) < 4.78 is 11.6. The summed E-state index contributed by atoms with van der Waals surface area (Å²) in [6.45, 7) is 2.42. The quantitative estimate of drug-likeness (QED) is 0.668. The highest BCUT2D eigenvalue weighted by molar-refractivity contribution is 14.1. The van der Waals surface area contributed by atoms with Crippen LogP contribution in [0, 0.1) is 10.5 Å². The van der Waals surface area contributed by atoms with Crippen LogP contribution in [0.4, 0.5) is 0 Å². The Kier molecular flexibility index (Phi) is 1.67. The number of halogens is 1. The molecule has 0 aliphatic carbocycles. The summed E-state index contributed by atoms with van der Waals surface area (Å²) in [5.41, 5.74) is 1.23. The van der Waals surface area contributed by atoms with Gasteiger partial charge < -0.3 is 9.47 Å². The number of rotatable bonds is 0. The van der Waals surface area contributed by atoms with Crippen molar-refractivity contribution in [2.75, 3.05) is 6.79 Å². The summed E-state index contributed by atoms with van der Waals surface area (Å²) in [5.74, 6) is 1.72. The van der Waals surface area contributed by atoms with E-state index >= 15 is 0 Å². The molecule has 3 heteroatoms. The molecule has 0 spiro atoms. The molecule has 0 saturated heterocycles. The molecule has 58 valence electrons. The van der Waals surface area contributed by atoms with Crippen molar-refractivity contribution < 1.29 is 9.47 Å². The number of hydrogen-bond donors (Lipinski definition) is 0.